The van der Waals surface area contributed by atoms with Gasteiger partial charge in [0.1, 0.15) is 11.6 Å². The van der Waals surface area contributed by atoms with Gasteiger partial charge in [0.25, 0.3) is 0 Å². The van der Waals surface area contributed by atoms with Crippen LogP contribution >= 0.6 is 0 Å². The number of nitrogen functional groups attached to an aromatic ring is 1. The summed E-state index contributed by atoms with van der Waals surface area (Å²) >= 11 is 0. The Morgan fingerprint density at radius 3 is 2.59 bits per heavy atom. The maximum Gasteiger partial charge on any atom is 0.223 e. The van der Waals surface area contributed by atoms with Crippen molar-refractivity contribution in [2.24, 2.45) is 11.8 Å². The van der Waals surface area contributed by atoms with Crippen LogP contribution < -0.4 is 16.4 Å². The molecular formula is C12H21N5. The van der Waals surface area contributed by atoms with E-state index in [4.69, 9.17) is 5.73 Å². The van der Waals surface area contributed by atoms with Gasteiger partial charge >= 0.3 is 0 Å². The van der Waals surface area contributed by atoms with Crippen molar-refractivity contribution >= 4 is 17.6 Å². The average molecular weight is 235 g/mol. The molecule has 5 heteroatoms. The van der Waals surface area contributed by atoms with E-state index in [1.54, 1.807) is 0 Å². The molecule has 4 N–H and O–H groups in total. The molecular weight excluding hydrogens is 214 g/mol. The van der Waals surface area contributed by atoms with Crippen LogP contribution in [0.3, 0.4) is 0 Å². The summed E-state index contributed by atoms with van der Waals surface area (Å²) in [6.07, 6.45) is 2.38. The minimum Gasteiger partial charge on any atom is -0.370 e. The van der Waals surface area contributed by atoms with Crippen molar-refractivity contribution in [3.05, 3.63) is 6.07 Å². The number of rotatable bonds is 6. The summed E-state index contributed by atoms with van der Waals surface area (Å²) in [4.78, 5) is 8.33. The molecule has 1 aromatic rings. The Kier molecular flexibility index (Phi) is 3.66. The van der Waals surface area contributed by atoms with Crippen LogP contribution in [0.4, 0.5) is 17.6 Å². The second-order valence-corrected chi connectivity index (χ2v) is 4.78. The number of aromatic nitrogens is 2. The van der Waals surface area contributed by atoms with Crippen molar-refractivity contribution in [2.45, 2.75) is 26.7 Å². The van der Waals surface area contributed by atoms with Gasteiger partial charge in [-0.25, -0.2) is 0 Å². The summed E-state index contributed by atoms with van der Waals surface area (Å²) in [5, 5.41) is 6.54. The third-order valence-corrected chi connectivity index (χ3v) is 3.12. The lowest BCUT2D eigenvalue weighted by atomic mass is 10.3. The highest BCUT2D eigenvalue weighted by Crippen LogP contribution is 2.37. The van der Waals surface area contributed by atoms with Crippen molar-refractivity contribution < 1.29 is 0 Å². The smallest absolute Gasteiger partial charge is 0.223 e. The Morgan fingerprint density at radius 1 is 1.35 bits per heavy atom. The molecule has 0 aliphatic heterocycles. The maximum atomic E-state index is 5.68. The third kappa shape index (κ3) is 3.47. The molecule has 5 nitrogen and oxygen atoms in total. The fraction of sp³-hybridized carbons (Fsp3) is 0.667. The van der Waals surface area contributed by atoms with E-state index in [9.17, 15) is 0 Å². The van der Waals surface area contributed by atoms with Gasteiger partial charge in [0, 0.05) is 19.2 Å². The zero-order valence-electron chi connectivity index (χ0n) is 10.5. The fourth-order valence-electron chi connectivity index (χ4n) is 1.82. The molecule has 0 amide bonds. The molecule has 94 valence electrons. The standard InChI is InChI=1S/C12H21N5/c1-3-4-14-10-6-11(17-12(13)16-10)15-7-9-5-8(9)2/h6,8-9H,3-5,7H2,1-2H3,(H4,13,14,15,16,17). The van der Waals surface area contributed by atoms with E-state index in [0.29, 0.717) is 5.95 Å². The minimum atomic E-state index is 0.317. The average Bonchev–Trinajstić information content (AvgIpc) is 2.99. The first-order valence-electron chi connectivity index (χ1n) is 6.31. The SMILES string of the molecule is CCCNc1cc(NCC2CC2C)nc(N)n1. The first-order chi connectivity index (χ1) is 8.19. The number of nitrogens with two attached hydrogens (primary N) is 1. The Hall–Kier alpha value is -1.52. The zero-order valence-corrected chi connectivity index (χ0v) is 10.5. The Labute approximate surface area is 102 Å². The molecule has 1 aliphatic carbocycles. The molecule has 1 fully saturated rings. The maximum absolute atomic E-state index is 5.68. The van der Waals surface area contributed by atoms with Gasteiger partial charge in [-0.15, -0.1) is 0 Å². The second kappa shape index (κ2) is 5.21. The van der Waals surface area contributed by atoms with Gasteiger partial charge in [0.2, 0.25) is 5.95 Å². The van der Waals surface area contributed by atoms with E-state index in [1.807, 2.05) is 6.07 Å². The number of hydrogen-bond acceptors (Lipinski definition) is 5. The van der Waals surface area contributed by atoms with Crippen LogP contribution in [0.25, 0.3) is 0 Å². The normalized spacial score (nSPS) is 22.2. The predicted molar refractivity (Wildman–Crippen MR) is 71.0 cm³/mol. The Balaban J connectivity index is 1.93. The summed E-state index contributed by atoms with van der Waals surface area (Å²) in [7, 11) is 0. The van der Waals surface area contributed by atoms with Gasteiger partial charge in [-0.1, -0.05) is 13.8 Å². The largest absolute Gasteiger partial charge is 0.370 e. The lowest BCUT2D eigenvalue weighted by Crippen LogP contribution is -2.10. The Bertz CT molecular complexity index is 379. The Morgan fingerprint density at radius 2 is 2.00 bits per heavy atom. The summed E-state index contributed by atoms with van der Waals surface area (Å²) in [5.74, 6) is 3.57. The number of hydrogen-bond donors (Lipinski definition) is 3. The van der Waals surface area contributed by atoms with E-state index in [-0.39, 0.29) is 0 Å². The molecule has 17 heavy (non-hydrogen) atoms. The molecule has 0 radical (unpaired) electrons. The van der Waals surface area contributed by atoms with Gasteiger partial charge in [0.15, 0.2) is 0 Å². The van der Waals surface area contributed by atoms with Crippen LogP contribution in [0.5, 0.6) is 0 Å². The quantitative estimate of drug-likeness (QED) is 0.702. The van der Waals surface area contributed by atoms with Crippen molar-refractivity contribution in [1.82, 2.24) is 9.97 Å². The lowest BCUT2D eigenvalue weighted by molar-refractivity contribution is 0.784. The van der Waals surface area contributed by atoms with Crippen molar-refractivity contribution in [3.8, 4) is 0 Å². The van der Waals surface area contributed by atoms with Gasteiger partial charge in [-0.2, -0.15) is 9.97 Å². The molecule has 2 unspecified atom stereocenters. The van der Waals surface area contributed by atoms with Crippen LogP contribution in [0.15, 0.2) is 6.07 Å². The van der Waals surface area contributed by atoms with Crippen LogP contribution in [0.1, 0.15) is 26.7 Å². The van der Waals surface area contributed by atoms with E-state index in [2.05, 4.69) is 34.4 Å². The molecule has 0 saturated heterocycles. The van der Waals surface area contributed by atoms with Crippen LogP contribution in [0.2, 0.25) is 0 Å². The number of nitrogens with zero attached hydrogens (tertiary/aromatic N) is 2. The monoisotopic (exact) mass is 235 g/mol. The van der Waals surface area contributed by atoms with E-state index in [1.165, 1.54) is 6.42 Å². The minimum absolute atomic E-state index is 0.317. The zero-order chi connectivity index (χ0) is 12.3. The molecule has 2 rings (SSSR count). The van der Waals surface area contributed by atoms with E-state index < -0.39 is 0 Å². The van der Waals surface area contributed by atoms with E-state index >= 15 is 0 Å². The lowest BCUT2D eigenvalue weighted by Gasteiger charge is -2.09. The summed E-state index contributed by atoms with van der Waals surface area (Å²) in [6, 6.07) is 1.92. The summed E-state index contributed by atoms with van der Waals surface area (Å²) in [6.45, 7) is 6.26. The first-order valence-corrected chi connectivity index (χ1v) is 6.31. The molecule has 0 aromatic carbocycles. The molecule has 1 heterocycles. The topological polar surface area (TPSA) is 75.9 Å². The van der Waals surface area contributed by atoms with E-state index in [0.717, 1.165) is 43.0 Å². The van der Waals surface area contributed by atoms with Crippen molar-refractivity contribution in [3.63, 3.8) is 0 Å². The van der Waals surface area contributed by atoms with Crippen LogP contribution in [0, 0.1) is 11.8 Å². The predicted octanol–water partition coefficient (Wildman–Crippen LogP) is 1.95. The molecule has 2 atom stereocenters. The van der Waals surface area contributed by atoms with Gasteiger partial charge in [0.05, 0.1) is 0 Å². The fourth-order valence-corrected chi connectivity index (χ4v) is 1.82. The van der Waals surface area contributed by atoms with Crippen LogP contribution in [-0.2, 0) is 0 Å². The summed E-state index contributed by atoms with van der Waals surface area (Å²) in [5.41, 5.74) is 5.68. The van der Waals surface area contributed by atoms with Crippen molar-refractivity contribution in [1.29, 1.82) is 0 Å². The number of anilines is 3. The highest BCUT2D eigenvalue weighted by molar-refractivity contribution is 5.51. The highest BCUT2D eigenvalue weighted by atomic mass is 15.1. The summed E-state index contributed by atoms with van der Waals surface area (Å²) < 4.78 is 0. The molecule has 1 saturated carbocycles. The van der Waals surface area contributed by atoms with Gasteiger partial charge in [-0.3, -0.25) is 0 Å². The van der Waals surface area contributed by atoms with Gasteiger partial charge < -0.3 is 16.4 Å². The highest BCUT2D eigenvalue weighted by Gasteiger charge is 2.31. The first kappa shape index (κ1) is 12.0. The molecule has 0 spiro atoms. The molecule has 0 bridgehead atoms. The second-order valence-electron chi connectivity index (χ2n) is 4.78. The van der Waals surface area contributed by atoms with Crippen LogP contribution in [-0.4, -0.2) is 23.1 Å². The molecule has 1 aliphatic rings. The van der Waals surface area contributed by atoms with Gasteiger partial charge in [-0.05, 0) is 24.7 Å². The third-order valence-electron chi connectivity index (χ3n) is 3.12. The molecule has 1 aromatic heterocycles. The van der Waals surface area contributed by atoms with Crippen molar-refractivity contribution in [2.75, 3.05) is 29.5 Å². The number of nitrogens with one attached hydrogen (secondary N) is 2.